The van der Waals surface area contributed by atoms with E-state index in [9.17, 15) is 9.59 Å². The number of nitrogens with zero attached hydrogens (tertiary/aromatic N) is 3. The Kier molecular flexibility index (Phi) is 3.04. The molecule has 0 fully saturated rings. The fourth-order valence-electron chi connectivity index (χ4n) is 1.86. The number of carboxylic acid groups (broad SMARTS) is 1. The van der Waals surface area contributed by atoms with E-state index in [0.29, 0.717) is 11.3 Å². The van der Waals surface area contributed by atoms with Crippen molar-refractivity contribution < 1.29 is 14.7 Å². The average molecular weight is 260 g/mol. The predicted molar refractivity (Wildman–Crippen MR) is 66.3 cm³/mol. The van der Waals surface area contributed by atoms with Gasteiger partial charge in [-0.3, -0.25) is 9.36 Å². The van der Waals surface area contributed by atoms with Crippen LogP contribution in [-0.2, 0) is 0 Å². The van der Waals surface area contributed by atoms with E-state index in [1.54, 1.807) is 19.9 Å². The molecule has 0 aliphatic rings. The highest BCUT2D eigenvalue weighted by Crippen LogP contribution is 2.17. The maximum atomic E-state index is 11.5. The Morgan fingerprint density at radius 3 is 2.58 bits per heavy atom. The second-order valence-electron chi connectivity index (χ2n) is 4.11. The molecule has 7 heteroatoms. The van der Waals surface area contributed by atoms with Gasteiger partial charge in [-0.2, -0.15) is 0 Å². The fourth-order valence-corrected chi connectivity index (χ4v) is 1.86. The third-order valence-electron chi connectivity index (χ3n) is 2.62. The van der Waals surface area contributed by atoms with Crippen LogP contribution in [0, 0.1) is 13.8 Å². The summed E-state index contributed by atoms with van der Waals surface area (Å²) in [6, 6.07) is 1.73. The number of hydrogen-bond acceptors (Lipinski definition) is 4. The number of aromatic carboxylic acids is 1. The molecule has 0 unspecified atom stereocenters. The first-order chi connectivity index (χ1) is 8.90. The molecular formula is C12H12N4O3. The Morgan fingerprint density at radius 2 is 2.05 bits per heavy atom. The molecule has 0 spiro atoms. The lowest BCUT2D eigenvalue weighted by molar-refractivity contribution is 0.0691. The predicted octanol–water partition coefficient (Wildman–Crippen LogP) is 0.681. The van der Waals surface area contributed by atoms with E-state index in [-0.39, 0.29) is 17.1 Å². The molecule has 0 aliphatic heterocycles. The van der Waals surface area contributed by atoms with Crippen molar-refractivity contribution in [2.75, 3.05) is 0 Å². The molecule has 0 aliphatic carbocycles. The molecule has 2 aromatic rings. The highest BCUT2D eigenvalue weighted by Gasteiger charge is 2.17. The third kappa shape index (κ3) is 2.30. The van der Waals surface area contributed by atoms with Crippen molar-refractivity contribution in [2.24, 2.45) is 5.73 Å². The van der Waals surface area contributed by atoms with Gasteiger partial charge in [0.05, 0.1) is 5.56 Å². The van der Waals surface area contributed by atoms with E-state index in [1.165, 1.54) is 17.1 Å². The summed E-state index contributed by atoms with van der Waals surface area (Å²) in [6.07, 6.45) is 2.58. The third-order valence-corrected chi connectivity index (χ3v) is 2.62. The second kappa shape index (κ2) is 4.52. The second-order valence-corrected chi connectivity index (χ2v) is 4.11. The van der Waals surface area contributed by atoms with Crippen molar-refractivity contribution in [3.05, 3.63) is 41.1 Å². The van der Waals surface area contributed by atoms with E-state index in [4.69, 9.17) is 10.8 Å². The summed E-state index contributed by atoms with van der Waals surface area (Å²) < 4.78 is 1.38. The lowest BCUT2D eigenvalue weighted by Crippen LogP contribution is -2.18. The molecule has 0 atom stereocenters. The zero-order chi connectivity index (χ0) is 14.2. The van der Waals surface area contributed by atoms with Crippen LogP contribution in [0.25, 0.3) is 5.82 Å². The number of carboxylic acids is 1. The quantitative estimate of drug-likeness (QED) is 0.842. The van der Waals surface area contributed by atoms with Gasteiger partial charge in [0.15, 0.2) is 11.5 Å². The highest BCUT2D eigenvalue weighted by molar-refractivity contribution is 5.97. The zero-order valence-corrected chi connectivity index (χ0v) is 10.4. The van der Waals surface area contributed by atoms with Gasteiger partial charge >= 0.3 is 5.97 Å². The molecule has 1 amide bonds. The topological polar surface area (TPSA) is 111 Å². The lowest BCUT2D eigenvalue weighted by atomic mass is 10.1. The van der Waals surface area contributed by atoms with Crippen LogP contribution < -0.4 is 5.73 Å². The van der Waals surface area contributed by atoms with Gasteiger partial charge in [-0.15, -0.1) is 0 Å². The summed E-state index contributed by atoms with van der Waals surface area (Å²) in [5.41, 5.74) is 6.84. The maximum absolute atomic E-state index is 11.5. The van der Waals surface area contributed by atoms with Gasteiger partial charge in [0.25, 0.3) is 5.91 Å². The van der Waals surface area contributed by atoms with Gasteiger partial charge in [-0.1, -0.05) is 0 Å². The number of aromatic nitrogens is 3. The minimum Gasteiger partial charge on any atom is -0.476 e. The Balaban J connectivity index is 2.66. The molecule has 0 bridgehead atoms. The van der Waals surface area contributed by atoms with Gasteiger partial charge in [0.1, 0.15) is 6.33 Å². The van der Waals surface area contributed by atoms with Crippen molar-refractivity contribution in [1.29, 1.82) is 0 Å². The summed E-state index contributed by atoms with van der Waals surface area (Å²) in [6.45, 7) is 3.52. The monoisotopic (exact) mass is 260 g/mol. The van der Waals surface area contributed by atoms with E-state index >= 15 is 0 Å². The highest BCUT2D eigenvalue weighted by atomic mass is 16.4. The number of hydrogen-bond donors (Lipinski definition) is 2. The lowest BCUT2D eigenvalue weighted by Gasteiger charge is -2.10. The molecule has 0 saturated heterocycles. The van der Waals surface area contributed by atoms with E-state index in [1.807, 2.05) is 0 Å². The summed E-state index contributed by atoms with van der Waals surface area (Å²) in [5, 5.41) is 8.84. The van der Waals surface area contributed by atoms with Crippen molar-refractivity contribution in [3.8, 4) is 5.82 Å². The molecule has 2 heterocycles. The molecule has 2 rings (SSSR count). The summed E-state index contributed by atoms with van der Waals surface area (Å²) in [7, 11) is 0. The Hall–Kier alpha value is -2.70. The molecule has 7 nitrogen and oxygen atoms in total. The number of aryl methyl sites for hydroxylation is 2. The Bertz CT molecular complexity index is 676. The maximum Gasteiger partial charge on any atom is 0.356 e. The summed E-state index contributed by atoms with van der Waals surface area (Å²) >= 11 is 0. The molecular weight excluding hydrogens is 248 g/mol. The van der Waals surface area contributed by atoms with E-state index in [2.05, 4.69) is 9.97 Å². The fraction of sp³-hybridized carbons (Fsp3) is 0.167. The molecule has 3 N–H and O–H groups in total. The summed E-state index contributed by atoms with van der Waals surface area (Å²) in [5.74, 6) is -1.49. The van der Waals surface area contributed by atoms with Crippen LogP contribution in [0.15, 0.2) is 18.6 Å². The molecule has 2 aromatic heterocycles. The first-order valence-corrected chi connectivity index (χ1v) is 5.46. The van der Waals surface area contributed by atoms with Crippen LogP contribution in [-0.4, -0.2) is 31.5 Å². The normalized spacial score (nSPS) is 10.4. The molecule has 19 heavy (non-hydrogen) atoms. The Labute approximate surface area is 108 Å². The van der Waals surface area contributed by atoms with Crippen LogP contribution in [0.3, 0.4) is 0 Å². The SMILES string of the molecule is Cc1cc(C)c(C(N)=O)c(-n2cnc(C(=O)O)c2)n1. The van der Waals surface area contributed by atoms with Crippen molar-refractivity contribution in [3.63, 3.8) is 0 Å². The van der Waals surface area contributed by atoms with Gasteiger partial charge < -0.3 is 10.8 Å². The minimum atomic E-state index is -1.15. The van der Waals surface area contributed by atoms with Crippen LogP contribution in [0.2, 0.25) is 0 Å². The molecule has 0 radical (unpaired) electrons. The zero-order valence-electron chi connectivity index (χ0n) is 10.4. The summed E-state index contributed by atoms with van der Waals surface area (Å²) in [4.78, 5) is 30.3. The number of pyridine rings is 1. The standard InChI is InChI=1S/C12H12N4O3/c1-6-3-7(2)15-11(9(6)10(13)17)16-4-8(12(18)19)14-5-16/h3-5H,1-2H3,(H2,13,17)(H,18,19). The number of rotatable bonds is 3. The molecule has 0 saturated carbocycles. The van der Waals surface area contributed by atoms with Gasteiger partial charge in [0, 0.05) is 11.9 Å². The number of nitrogens with two attached hydrogens (primary N) is 1. The first kappa shape index (κ1) is 12.7. The van der Waals surface area contributed by atoms with Crippen LogP contribution in [0.4, 0.5) is 0 Å². The van der Waals surface area contributed by atoms with Crippen molar-refractivity contribution >= 4 is 11.9 Å². The van der Waals surface area contributed by atoms with Crippen molar-refractivity contribution in [2.45, 2.75) is 13.8 Å². The van der Waals surface area contributed by atoms with Crippen molar-refractivity contribution in [1.82, 2.24) is 14.5 Å². The minimum absolute atomic E-state index is 0.128. The van der Waals surface area contributed by atoms with E-state index in [0.717, 1.165) is 0 Å². The molecule has 0 aromatic carbocycles. The van der Waals surface area contributed by atoms with Crippen LogP contribution in [0.5, 0.6) is 0 Å². The van der Waals surface area contributed by atoms with Gasteiger partial charge in [-0.25, -0.2) is 14.8 Å². The Morgan fingerprint density at radius 1 is 1.37 bits per heavy atom. The number of carbonyl (C=O) groups is 2. The van der Waals surface area contributed by atoms with Gasteiger partial charge in [0.2, 0.25) is 0 Å². The van der Waals surface area contributed by atoms with Crippen LogP contribution in [0.1, 0.15) is 32.1 Å². The van der Waals surface area contributed by atoms with Crippen LogP contribution >= 0.6 is 0 Å². The smallest absolute Gasteiger partial charge is 0.356 e. The largest absolute Gasteiger partial charge is 0.476 e. The molecule has 98 valence electrons. The van der Waals surface area contributed by atoms with Gasteiger partial charge in [-0.05, 0) is 25.5 Å². The number of imidazole rings is 1. The number of primary amides is 1. The first-order valence-electron chi connectivity index (χ1n) is 5.46. The average Bonchev–Trinajstić information content (AvgIpc) is 2.76. The number of amides is 1. The van der Waals surface area contributed by atoms with E-state index < -0.39 is 11.9 Å². The number of carbonyl (C=O) groups excluding carboxylic acids is 1.